The van der Waals surface area contributed by atoms with Crippen LogP contribution in [0.5, 0.6) is 0 Å². The fraction of sp³-hybridized carbons (Fsp3) is 0.233. The van der Waals surface area contributed by atoms with E-state index in [2.05, 4.69) is 44.9 Å². The van der Waals surface area contributed by atoms with Gasteiger partial charge in [0, 0.05) is 53.6 Å². The van der Waals surface area contributed by atoms with Gasteiger partial charge in [-0.3, -0.25) is 9.78 Å². The smallest absolute Gasteiger partial charge is 0.228 e. The summed E-state index contributed by atoms with van der Waals surface area (Å²) in [6, 6.07) is 19.7. The lowest BCUT2D eigenvalue weighted by Crippen LogP contribution is -2.42. The number of H-pyrrole nitrogens is 1. The van der Waals surface area contributed by atoms with Crippen LogP contribution < -0.4 is 4.90 Å². The number of nitrogens with one attached hydrogen (secondary N) is 1. The SMILES string of the molecule is CN(C)C1CCN(c2ccc3nc(C(=O)c4ccc(C#N)c(-c5cncc6ccccc56)c4)[nH]c3n2)CC1. The fourth-order valence-electron chi connectivity index (χ4n) is 5.25. The van der Waals surface area contributed by atoms with Gasteiger partial charge in [0.1, 0.15) is 11.3 Å². The standard InChI is InChI=1S/C30H27N7O/c1-36(2)22-11-13-37(14-12-22)27-10-9-26-29(34-27)35-30(33-26)28(38)19-7-8-20(16-31)24(15-19)25-18-32-17-21-5-3-4-6-23(21)25/h3-10,15,17-18,22H,11-14H2,1-2H3,(H,33,34,35). The number of aromatic nitrogens is 4. The van der Waals surface area contributed by atoms with E-state index < -0.39 is 0 Å². The van der Waals surface area contributed by atoms with Gasteiger partial charge in [0.05, 0.1) is 11.6 Å². The average molecular weight is 502 g/mol. The van der Waals surface area contributed by atoms with Gasteiger partial charge in [-0.1, -0.05) is 24.3 Å². The first-order chi connectivity index (χ1) is 18.5. The molecular formula is C30H27N7O. The van der Waals surface area contributed by atoms with Crippen molar-refractivity contribution in [3.05, 3.63) is 83.9 Å². The summed E-state index contributed by atoms with van der Waals surface area (Å²) in [6.07, 6.45) is 5.71. The van der Waals surface area contributed by atoms with Crippen LogP contribution >= 0.6 is 0 Å². The number of ketones is 1. The molecule has 8 heteroatoms. The molecule has 4 heterocycles. The number of nitrogens with zero attached hydrogens (tertiary/aromatic N) is 6. The van der Waals surface area contributed by atoms with Crippen molar-refractivity contribution in [1.82, 2.24) is 24.8 Å². The number of pyridine rings is 2. The molecule has 0 bridgehead atoms. The van der Waals surface area contributed by atoms with Gasteiger partial charge in [-0.15, -0.1) is 0 Å². The zero-order valence-corrected chi connectivity index (χ0v) is 21.3. The lowest BCUT2D eigenvalue weighted by atomic mass is 9.94. The Morgan fingerprint density at radius 2 is 1.84 bits per heavy atom. The summed E-state index contributed by atoms with van der Waals surface area (Å²) in [4.78, 5) is 34.9. The summed E-state index contributed by atoms with van der Waals surface area (Å²) in [5, 5.41) is 11.7. The Morgan fingerprint density at radius 1 is 1.03 bits per heavy atom. The molecule has 1 fully saturated rings. The molecule has 3 aromatic heterocycles. The van der Waals surface area contributed by atoms with Gasteiger partial charge in [-0.05, 0) is 62.7 Å². The molecule has 0 unspecified atom stereocenters. The maximum atomic E-state index is 13.5. The number of benzene rings is 2. The Balaban J connectivity index is 1.32. The molecule has 0 atom stereocenters. The van der Waals surface area contributed by atoms with E-state index in [0.29, 0.717) is 33.9 Å². The molecule has 8 nitrogen and oxygen atoms in total. The van der Waals surface area contributed by atoms with Crippen molar-refractivity contribution in [3.63, 3.8) is 0 Å². The third-order valence-corrected chi connectivity index (χ3v) is 7.42. The van der Waals surface area contributed by atoms with Gasteiger partial charge in [-0.2, -0.15) is 5.26 Å². The Hall–Kier alpha value is -4.61. The van der Waals surface area contributed by atoms with Crippen molar-refractivity contribution in [2.45, 2.75) is 18.9 Å². The maximum Gasteiger partial charge on any atom is 0.228 e. The molecule has 2 aromatic carbocycles. The van der Waals surface area contributed by atoms with Crippen LogP contribution in [0.25, 0.3) is 33.1 Å². The summed E-state index contributed by atoms with van der Waals surface area (Å²) in [5.74, 6) is 0.861. The highest BCUT2D eigenvalue weighted by Gasteiger charge is 2.23. The molecule has 0 spiro atoms. The second kappa shape index (κ2) is 9.69. The van der Waals surface area contributed by atoms with Gasteiger partial charge in [0.2, 0.25) is 5.78 Å². The summed E-state index contributed by atoms with van der Waals surface area (Å²) >= 11 is 0. The summed E-state index contributed by atoms with van der Waals surface area (Å²) in [7, 11) is 4.26. The molecular weight excluding hydrogens is 474 g/mol. The van der Waals surface area contributed by atoms with Gasteiger partial charge in [0.15, 0.2) is 11.5 Å². The van der Waals surface area contributed by atoms with E-state index >= 15 is 0 Å². The third-order valence-electron chi connectivity index (χ3n) is 7.42. The largest absolute Gasteiger partial charge is 0.356 e. The predicted molar refractivity (Wildman–Crippen MR) is 148 cm³/mol. The van der Waals surface area contributed by atoms with Gasteiger partial charge in [-0.25, -0.2) is 9.97 Å². The van der Waals surface area contributed by atoms with E-state index in [4.69, 9.17) is 4.98 Å². The molecule has 0 amide bonds. The Bertz CT molecular complexity index is 1700. The van der Waals surface area contributed by atoms with Gasteiger partial charge in [0.25, 0.3) is 0 Å². The van der Waals surface area contributed by atoms with Crippen LogP contribution in [0.3, 0.4) is 0 Å². The number of piperidine rings is 1. The monoisotopic (exact) mass is 501 g/mol. The second-order valence-corrected chi connectivity index (χ2v) is 9.91. The lowest BCUT2D eigenvalue weighted by Gasteiger charge is -2.35. The number of fused-ring (bicyclic) bond motifs is 2. The number of carbonyl (C=O) groups excluding carboxylic acids is 1. The van der Waals surface area contributed by atoms with Crippen LogP contribution in [0.1, 0.15) is 34.6 Å². The summed E-state index contributed by atoms with van der Waals surface area (Å²) in [6.45, 7) is 1.89. The Kier molecular flexibility index (Phi) is 6.06. The van der Waals surface area contributed by atoms with Crippen LogP contribution in [0.15, 0.2) is 67.0 Å². The van der Waals surface area contributed by atoms with Crippen molar-refractivity contribution in [1.29, 1.82) is 5.26 Å². The number of imidazole rings is 1. The van der Waals surface area contributed by atoms with Crippen LogP contribution in [-0.2, 0) is 0 Å². The molecule has 1 N–H and O–H groups in total. The third kappa shape index (κ3) is 4.27. The predicted octanol–water partition coefficient (Wildman–Crippen LogP) is 4.81. The number of nitriles is 1. The summed E-state index contributed by atoms with van der Waals surface area (Å²) < 4.78 is 0. The average Bonchev–Trinajstić information content (AvgIpc) is 3.40. The molecule has 1 aliphatic rings. The quantitative estimate of drug-likeness (QED) is 0.345. The first kappa shape index (κ1) is 23.8. The number of hydrogen-bond donors (Lipinski definition) is 1. The number of rotatable bonds is 5. The molecule has 0 radical (unpaired) electrons. The zero-order chi connectivity index (χ0) is 26.2. The number of aromatic amines is 1. The molecule has 1 aliphatic heterocycles. The maximum absolute atomic E-state index is 13.5. The Labute approximate surface area is 220 Å². The topological polar surface area (TPSA) is 102 Å². The minimum Gasteiger partial charge on any atom is -0.356 e. The number of anilines is 1. The minimum atomic E-state index is -0.254. The molecule has 5 aromatic rings. The van der Waals surface area contributed by atoms with Crippen molar-refractivity contribution in [2.24, 2.45) is 0 Å². The first-order valence-corrected chi connectivity index (χ1v) is 12.7. The molecule has 6 rings (SSSR count). The van der Waals surface area contributed by atoms with Crippen molar-refractivity contribution < 1.29 is 4.79 Å². The van der Waals surface area contributed by atoms with E-state index in [0.717, 1.165) is 48.1 Å². The fourth-order valence-corrected chi connectivity index (χ4v) is 5.25. The molecule has 0 saturated carbocycles. The minimum absolute atomic E-state index is 0.225. The highest BCUT2D eigenvalue weighted by atomic mass is 16.1. The molecule has 0 aliphatic carbocycles. The van der Waals surface area contributed by atoms with Crippen LogP contribution in [-0.4, -0.2) is 63.8 Å². The lowest BCUT2D eigenvalue weighted by molar-refractivity contribution is 0.103. The molecule has 188 valence electrons. The van der Waals surface area contributed by atoms with Crippen molar-refractivity contribution >= 4 is 33.5 Å². The van der Waals surface area contributed by atoms with E-state index in [1.807, 2.05) is 36.4 Å². The second-order valence-electron chi connectivity index (χ2n) is 9.91. The first-order valence-electron chi connectivity index (χ1n) is 12.7. The number of carbonyl (C=O) groups is 1. The Morgan fingerprint density at radius 3 is 2.63 bits per heavy atom. The van der Waals surface area contributed by atoms with E-state index in [1.165, 1.54) is 0 Å². The summed E-state index contributed by atoms with van der Waals surface area (Å²) in [5.41, 5.74) is 3.63. The van der Waals surface area contributed by atoms with E-state index in [9.17, 15) is 10.1 Å². The van der Waals surface area contributed by atoms with E-state index in [1.54, 1.807) is 30.6 Å². The normalized spacial score (nSPS) is 14.3. The van der Waals surface area contributed by atoms with Crippen LogP contribution in [0.4, 0.5) is 5.82 Å². The highest BCUT2D eigenvalue weighted by molar-refractivity contribution is 6.09. The van der Waals surface area contributed by atoms with Crippen molar-refractivity contribution in [2.75, 3.05) is 32.1 Å². The van der Waals surface area contributed by atoms with Crippen molar-refractivity contribution in [3.8, 4) is 17.2 Å². The van der Waals surface area contributed by atoms with E-state index in [-0.39, 0.29) is 11.6 Å². The van der Waals surface area contributed by atoms with Crippen LogP contribution in [0, 0.1) is 11.3 Å². The molecule has 38 heavy (non-hydrogen) atoms. The molecule has 1 saturated heterocycles. The number of hydrogen-bond acceptors (Lipinski definition) is 7. The van der Waals surface area contributed by atoms with Gasteiger partial charge >= 0.3 is 0 Å². The highest BCUT2D eigenvalue weighted by Crippen LogP contribution is 2.31. The van der Waals surface area contributed by atoms with Gasteiger partial charge < -0.3 is 14.8 Å². The zero-order valence-electron chi connectivity index (χ0n) is 21.3. The van der Waals surface area contributed by atoms with Crippen LogP contribution in [0.2, 0.25) is 0 Å².